The van der Waals surface area contributed by atoms with Gasteiger partial charge >= 0.3 is 0 Å². The molecule has 0 unspecified atom stereocenters. The minimum absolute atomic E-state index is 1.25. The lowest BCUT2D eigenvalue weighted by Gasteiger charge is -2.11. The first-order valence-electron chi connectivity index (χ1n) is 1.70. The van der Waals surface area contributed by atoms with Crippen molar-refractivity contribution in [1.29, 1.82) is 0 Å². The molecule has 0 radical (unpaired) electrons. The second-order valence-corrected chi connectivity index (χ2v) is 2.41. The molecule has 0 aliphatic carbocycles. The Kier molecular flexibility index (Phi) is 0.692. The Hall–Kier alpha value is 0.0900. The van der Waals surface area contributed by atoms with Crippen LogP contribution in [0.4, 0.5) is 0 Å². The first-order valence-corrected chi connectivity index (χ1v) is 2.69. The third-order valence-corrected chi connectivity index (χ3v) is 1.71. The van der Waals surface area contributed by atoms with E-state index in [4.69, 9.17) is 0 Å². The average molecular weight is 86.2 g/mol. The van der Waals surface area contributed by atoms with Crippen molar-refractivity contribution in [3.05, 3.63) is 11.5 Å². The van der Waals surface area contributed by atoms with Crippen molar-refractivity contribution >= 4 is 11.8 Å². The number of hydrogen-bond donors (Lipinski definition) is 0. The zero-order chi connectivity index (χ0) is 3.70. The van der Waals surface area contributed by atoms with Gasteiger partial charge in [-0.2, -0.15) is 0 Å². The monoisotopic (exact) mass is 86.0 g/mol. The molecule has 0 aromatic rings. The fourth-order valence-corrected chi connectivity index (χ4v) is 0.739. The van der Waals surface area contributed by atoms with Gasteiger partial charge in [0.2, 0.25) is 0 Å². The van der Waals surface area contributed by atoms with Crippen molar-refractivity contribution < 1.29 is 0 Å². The van der Waals surface area contributed by atoms with Gasteiger partial charge in [0.1, 0.15) is 0 Å². The topological polar surface area (TPSA) is 0 Å². The highest BCUT2D eigenvalue weighted by atomic mass is 32.2. The predicted octanol–water partition coefficient (Wildman–Crippen LogP) is 1.64. The molecule has 1 rings (SSSR count). The molecule has 1 aliphatic heterocycles. The van der Waals surface area contributed by atoms with Gasteiger partial charge in [-0.1, -0.05) is 6.58 Å². The van der Waals surface area contributed by atoms with Gasteiger partial charge in [0.25, 0.3) is 0 Å². The summed E-state index contributed by atoms with van der Waals surface area (Å²) in [5.41, 5.74) is 0. The number of hydrogen-bond acceptors (Lipinski definition) is 1. The SMILES string of the molecule is C=C1CCS1. The lowest BCUT2D eigenvalue weighted by molar-refractivity contribution is 1.17. The first-order chi connectivity index (χ1) is 2.39. The molecule has 0 spiro atoms. The van der Waals surface area contributed by atoms with E-state index in [1.54, 1.807) is 0 Å². The van der Waals surface area contributed by atoms with E-state index in [9.17, 15) is 0 Å². The zero-order valence-electron chi connectivity index (χ0n) is 3.03. The van der Waals surface area contributed by atoms with E-state index in [2.05, 4.69) is 6.58 Å². The van der Waals surface area contributed by atoms with Gasteiger partial charge in [-0.3, -0.25) is 0 Å². The van der Waals surface area contributed by atoms with E-state index < -0.39 is 0 Å². The third kappa shape index (κ3) is 0.482. The summed E-state index contributed by atoms with van der Waals surface area (Å²) in [7, 11) is 0. The molecular formula is C4H6S. The smallest absolute Gasteiger partial charge is 0.00219 e. The Morgan fingerprint density at radius 1 is 1.80 bits per heavy atom. The molecule has 0 bridgehead atoms. The van der Waals surface area contributed by atoms with Crippen molar-refractivity contribution in [2.24, 2.45) is 0 Å². The van der Waals surface area contributed by atoms with Gasteiger partial charge in [-0.15, -0.1) is 11.8 Å². The highest BCUT2D eigenvalue weighted by Crippen LogP contribution is 2.29. The van der Waals surface area contributed by atoms with Crippen LogP contribution >= 0.6 is 11.8 Å². The summed E-state index contributed by atoms with van der Waals surface area (Å²) in [4.78, 5) is 1.35. The molecule has 0 N–H and O–H groups in total. The lowest BCUT2D eigenvalue weighted by Crippen LogP contribution is -1.90. The minimum Gasteiger partial charge on any atom is -0.131 e. The summed E-state index contributed by atoms with van der Waals surface area (Å²) >= 11 is 1.87. The van der Waals surface area contributed by atoms with Gasteiger partial charge in [-0.25, -0.2) is 0 Å². The van der Waals surface area contributed by atoms with Crippen molar-refractivity contribution in [2.45, 2.75) is 6.42 Å². The number of thioether (sulfide) groups is 1. The maximum Gasteiger partial charge on any atom is 0.00219 e. The van der Waals surface area contributed by atoms with Gasteiger partial charge in [0.05, 0.1) is 0 Å². The van der Waals surface area contributed by atoms with Gasteiger partial charge in [0.15, 0.2) is 0 Å². The van der Waals surface area contributed by atoms with Crippen LogP contribution in [-0.4, -0.2) is 5.75 Å². The maximum atomic E-state index is 3.72. The quantitative estimate of drug-likeness (QED) is 0.432. The average Bonchev–Trinajstić information content (AvgIpc) is 1.30. The van der Waals surface area contributed by atoms with Crippen LogP contribution in [0, 0.1) is 0 Å². The molecular weight excluding hydrogens is 80.1 g/mol. The summed E-state index contributed by atoms with van der Waals surface area (Å²) in [6.45, 7) is 3.72. The largest absolute Gasteiger partial charge is 0.131 e. The van der Waals surface area contributed by atoms with E-state index in [-0.39, 0.29) is 0 Å². The molecule has 0 amide bonds. The van der Waals surface area contributed by atoms with Crippen LogP contribution in [-0.2, 0) is 0 Å². The molecule has 1 heterocycles. The molecule has 1 aliphatic rings. The summed E-state index contributed by atoms with van der Waals surface area (Å²) in [5, 5.41) is 0. The summed E-state index contributed by atoms with van der Waals surface area (Å²) < 4.78 is 0. The van der Waals surface area contributed by atoms with Crippen LogP contribution < -0.4 is 0 Å². The van der Waals surface area contributed by atoms with Gasteiger partial charge < -0.3 is 0 Å². The minimum atomic E-state index is 1.25. The fraction of sp³-hybridized carbons (Fsp3) is 0.500. The standard InChI is InChI=1S/C4H6S/c1-4-2-3-5-4/h1-3H2. The van der Waals surface area contributed by atoms with E-state index in [0.717, 1.165) is 0 Å². The normalized spacial score (nSPS) is 22.0. The third-order valence-electron chi connectivity index (χ3n) is 0.687. The molecule has 0 aromatic carbocycles. The molecule has 28 valence electrons. The van der Waals surface area contributed by atoms with Crippen LogP contribution in [0.1, 0.15) is 6.42 Å². The van der Waals surface area contributed by atoms with Gasteiger partial charge in [0, 0.05) is 5.75 Å². The predicted molar refractivity (Wildman–Crippen MR) is 26.2 cm³/mol. The lowest BCUT2D eigenvalue weighted by atomic mass is 10.5. The van der Waals surface area contributed by atoms with E-state index in [1.165, 1.54) is 17.1 Å². The van der Waals surface area contributed by atoms with Crippen LogP contribution in [0.5, 0.6) is 0 Å². The van der Waals surface area contributed by atoms with Crippen LogP contribution in [0.15, 0.2) is 11.5 Å². The fourth-order valence-electron chi connectivity index (χ4n) is 0.246. The van der Waals surface area contributed by atoms with E-state index in [1.807, 2.05) is 11.8 Å². The molecule has 1 fully saturated rings. The Morgan fingerprint density at radius 3 is 2.20 bits per heavy atom. The Morgan fingerprint density at radius 2 is 2.20 bits per heavy atom. The van der Waals surface area contributed by atoms with Crippen molar-refractivity contribution in [1.82, 2.24) is 0 Å². The summed E-state index contributed by atoms with van der Waals surface area (Å²) in [5.74, 6) is 1.30. The van der Waals surface area contributed by atoms with Crippen LogP contribution in [0.3, 0.4) is 0 Å². The first kappa shape index (κ1) is 3.29. The molecule has 1 heteroatoms. The second-order valence-electron chi connectivity index (χ2n) is 1.14. The van der Waals surface area contributed by atoms with Crippen molar-refractivity contribution in [3.8, 4) is 0 Å². The molecule has 0 nitrogen and oxygen atoms in total. The Labute approximate surface area is 36.3 Å². The van der Waals surface area contributed by atoms with E-state index >= 15 is 0 Å². The van der Waals surface area contributed by atoms with Gasteiger partial charge in [-0.05, 0) is 11.3 Å². The molecule has 5 heavy (non-hydrogen) atoms. The zero-order valence-corrected chi connectivity index (χ0v) is 3.85. The highest BCUT2D eigenvalue weighted by Gasteiger charge is 2.03. The Balaban J connectivity index is 2.32. The molecule has 0 saturated carbocycles. The number of rotatable bonds is 0. The maximum absolute atomic E-state index is 3.72. The summed E-state index contributed by atoms with van der Waals surface area (Å²) in [6.07, 6.45) is 1.25. The van der Waals surface area contributed by atoms with Crippen molar-refractivity contribution in [3.63, 3.8) is 0 Å². The van der Waals surface area contributed by atoms with E-state index in [0.29, 0.717) is 0 Å². The van der Waals surface area contributed by atoms with Crippen LogP contribution in [0.25, 0.3) is 0 Å². The van der Waals surface area contributed by atoms with Crippen molar-refractivity contribution in [2.75, 3.05) is 5.75 Å². The summed E-state index contributed by atoms with van der Waals surface area (Å²) in [6, 6.07) is 0. The Bertz CT molecular complexity index is 50.7. The molecule has 0 atom stereocenters. The molecule has 1 saturated heterocycles. The molecule has 0 aromatic heterocycles. The highest BCUT2D eigenvalue weighted by molar-refractivity contribution is 8.04. The second kappa shape index (κ2) is 1.05. The van der Waals surface area contributed by atoms with Crippen LogP contribution in [0.2, 0.25) is 0 Å². The number of allylic oxidation sites excluding steroid dienone is 1.